The Morgan fingerprint density at radius 1 is 1.32 bits per heavy atom. The van der Waals surface area contributed by atoms with Crippen molar-refractivity contribution in [1.82, 2.24) is 15.2 Å². The van der Waals surface area contributed by atoms with Gasteiger partial charge in [0.15, 0.2) is 5.13 Å². The molecule has 9 heteroatoms. The van der Waals surface area contributed by atoms with Crippen LogP contribution in [0.4, 0.5) is 15.2 Å². The van der Waals surface area contributed by atoms with Gasteiger partial charge in [-0.25, -0.2) is 9.37 Å². The molecule has 1 aliphatic heterocycles. The third kappa shape index (κ3) is 5.55. The van der Waals surface area contributed by atoms with Gasteiger partial charge in [-0.1, -0.05) is 20.8 Å². The summed E-state index contributed by atoms with van der Waals surface area (Å²) in [6, 6.07) is 6.29. The lowest BCUT2D eigenvalue weighted by Crippen LogP contribution is -2.53. The number of carbonyl (C=O) groups excluding carboxylic acids is 1. The normalized spacial score (nSPS) is 30.7. The van der Waals surface area contributed by atoms with Crippen LogP contribution >= 0.6 is 11.3 Å². The van der Waals surface area contributed by atoms with E-state index in [0.717, 1.165) is 68.6 Å². The van der Waals surface area contributed by atoms with Crippen LogP contribution < -0.4 is 10.6 Å². The second-order valence-corrected chi connectivity index (χ2v) is 12.4. The average Bonchev–Trinajstić information content (AvgIpc) is 3.27. The van der Waals surface area contributed by atoms with E-state index in [4.69, 9.17) is 9.72 Å². The average molecular weight is 531 g/mol. The van der Waals surface area contributed by atoms with E-state index in [1.54, 1.807) is 23.5 Å². The number of fused-ring (bicyclic) bond motifs is 2. The first-order chi connectivity index (χ1) is 17.7. The highest BCUT2D eigenvalue weighted by Gasteiger charge is 2.53. The zero-order valence-corrected chi connectivity index (χ0v) is 22.8. The van der Waals surface area contributed by atoms with Gasteiger partial charge in [0.25, 0.3) is 0 Å². The predicted molar refractivity (Wildman–Crippen MR) is 144 cm³/mol. The minimum Gasteiger partial charge on any atom is -0.392 e. The molecule has 0 bridgehead atoms. The Labute approximate surface area is 222 Å². The van der Waals surface area contributed by atoms with Crippen LogP contribution in [0.2, 0.25) is 0 Å². The molecule has 2 aliphatic carbocycles. The summed E-state index contributed by atoms with van der Waals surface area (Å²) in [5, 5.41) is 18.9. The van der Waals surface area contributed by atoms with Crippen molar-refractivity contribution in [3.8, 4) is 0 Å². The monoisotopic (exact) mass is 530 g/mol. The molecule has 5 rings (SSSR count). The Bertz CT molecular complexity index is 1090. The maximum absolute atomic E-state index is 13.3. The standard InChI is InChI=1S/C28H39FN4O3S/c1-17(26(35)30-10-11-33-12-14-36-15-13-33)21-8-9-28(3)16-22-24(18(2)23(28)25(21)34)32-27(37-22)31-20-6-4-19(29)5-7-20/h4-7,17-18,21,23,25,34H,8-16H2,1-3H3,(H,30,35)(H,31,32)/t17-,18-,21-,23+,25-,28-/m0/s1. The van der Waals surface area contributed by atoms with Crippen molar-refractivity contribution in [3.05, 3.63) is 40.7 Å². The minimum atomic E-state index is -0.558. The minimum absolute atomic E-state index is 0.0320. The summed E-state index contributed by atoms with van der Waals surface area (Å²) in [5.74, 6) is -0.418. The number of aliphatic hydroxyl groups is 1. The number of anilines is 2. The van der Waals surface area contributed by atoms with Crippen molar-refractivity contribution in [1.29, 1.82) is 0 Å². The Balaban J connectivity index is 1.24. The number of rotatable bonds is 7. The summed E-state index contributed by atoms with van der Waals surface area (Å²) in [7, 11) is 0. The number of thiazole rings is 1. The van der Waals surface area contributed by atoms with Gasteiger partial charge in [0.1, 0.15) is 5.82 Å². The highest BCUT2D eigenvalue weighted by atomic mass is 32.1. The largest absolute Gasteiger partial charge is 0.392 e. The molecule has 3 N–H and O–H groups in total. The quantitative estimate of drug-likeness (QED) is 0.498. The fraction of sp³-hybridized carbons (Fsp3) is 0.643. The summed E-state index contributed by atoms with van der Waals surface area (Å²) in [6.45, 7) is 11.2. The third-order valence-corrected chi connectivity index (χ3v) is 9.89. The number of aliphatic hydroxyl groups excluding tert-OH is 1. The van der Waals surface area contributed by atoms with Gasteiger partial charge in [-0.15, -0.1) is 11.3 Å². The van der Waals surface area contributed by atoms with Crippen molar-refractivity contribution in [2.45, 2.75) is 52.1 Å². The molecule has 2 aromatic rings. The molecule has 0 unspecified atom stereocenters. The van der Waals surface area contributed by atoms with Gasteiger partial charge in [0.05, 0.1) is 25.0 Å². The van der Waals surface area contributed by atoms with Crippen LogP contribution in [0.25, 0.3) is 0 Å². The highest BCUT2D eigenvalue weighted by Crippen LogP contribution is 2.57. The predicted octanol–water partition coefficient (Wildman–Crippen LogP) is 4.16. The number of benzene rings is 1. The maximum Gasteiger partial charge on any atom is 0.223 e. The molecule has 2 fully saturated rings. The van der Waals surface area contributed by atoms with Crippen LogP contribution in [0, 0.1) is 29.0 Å². The zero-order valence-electron chi connectivity index (χ0n) is 22.0. The fourth-order valence-corrected chi connectivity index (χ4v) is 8.06. The van der Waals surface area contributed by atoms with Gasteiger partial charge < -0.3 is 20.5 Å². The molecule has 7 nitrogen and oxygen atoms in total. The van der Waals surface area contributed by atoms with Gasteiger partial charge in [0, 0.05) is 48.6 Å². The molecule has 202 valence electrons. The number of nitrogens with zero attached hydrogens (tertiary/aromatic N) is 2. The molecular weight excluding hydrogens is 491 g/mol. The smallest absolute Gasteiger partial charge is 0.223 e. The van der Waals surface area contributed by atoms with E-state index >= 15 is 0 Å². The van der Waals surface area contributed by atoms with Crippen LogP contribution in [0.3, 0.4) is 0 Å². The molecule has 1 saturated carbocycles. The molecule has 0 radical (unpaired) electrons. The van der Waals surface area contributed by atoms with Crippen LogP contribution in [0.1, 0.15) is 50.1 Å². The number of hydrogen-bond acceptors (Lipinski definition) is 7. The van der Waals surface area contributed by atoms with E-state index in [1.165, 1.54) is 17.0 Å². The number of halogens is 1. The van der Waals surface area contributed by atoms with Crippen LogP contribution in [0.5, 0.6) is 0 Å². The molecule has 1 amide bonds. The number of amides is 1. The number of morpholine rings is 1. The van der Waals surface area contributed by atoms with Gasteiger partial charge in [-0.05, 0) is 60.8 Å². The van der Waals surface area contributed by atoms with E-state index in [1.807, 2.05) is 6.92 Å². The van der Waals surface area contributed by atoms with Gasteiger partial charge >= 0.3 is 0 Å². The topological polar surface area (TPSA) is 86.7 Å². The molecule has 37 heavy (non-hydrogen) atoms. The van der Waals surface area contributed by atoms with Gasteiger partial charge in [0.2, 0.25) is 5.91 Å². The van der Waals surface area contributed by atoms with Crippen molar-refractivity contribution < 1.29 is 19.0 Å². The molecule has 0 spiro atoms. The third-order valence-electron chi connectivity index (χ3n) is 8.90. The van der Waals surface area contributed by atoms with Crippen molar-refractivity contribution in [3.63, 3.8) is 0 Å². The van der Waals surface area contributed by atoms with E-state index in [0.29, 0.717) is 6.54 Å². The maximum atomic E-state index is 13.3. The van der Waals surface area contributed by atoms with Gasteiger partial charge in [-0.2, -0.15) is 0 Å². The summed E-state index contributed by atoms with van der Waals surface area (Å²) >= 11 is 1.65. The Morgan fingerprint density at radius 2 is 2.05 bits per heavy atom. The highest BCUT2D eigenvalue weighted by molar-refractivity contribution is 7.15. The molecule has 1 aromatic heterocycles. The molecular formula is C28H39FN4O3S. The van der Waals surface area contributed by atoms with Crippen LogP contribution in [-0.2, 0) is 16.0 Å². The summed E-state index contributed by atoms with van der Waals surface area (Å²) in [5.41, 5.74) is 1.81. The van der Waals surface area contributed by atoms with Gasteiger partial charge in [-0.3, -0.25) is 9.69 Å². The number of ether oxygens (including phenoxy) is 1. The van der Waals surface area contributed by atoms with Crippen LogP contribution in [-0.4, -0.2) is 66.4 Å². The van der Waals surface area contributed by atoms with Crippen LogP contribution in [0.15, 0.2) is 24.3 Å². The molecule has 1 saturated heterocycles. The molecule has 3 aliphatic rings. The lowest BCUT2D eigenvalue weighted by Gasteiger charge is -2.53. The Hall–Kier alpha value is -2.07. The fourth-order valence-electron chi connectivity index (χ4n) is 6.77. The lowest BCUT2D eigenvalue weighted by molar-refractivity contribution is -0.134. The SMILES string of the molecule is C[C@H](C(=O)NCCN1CCOCC1)[C@@H]1CC[C@@]2(C)Cc3sc(Nc4ccc(F)cc4)nc3[C@@H](C)[C@@H]2[C@H]1O. The number of carbonyl (C=O) groups is 1. The molecule has 6 atom stereocenters. The van der Waals surface area contributed by atoms with E-state index in [2.05, 4.69) is 29.4 Å². The van der Waals surface area contributed by atoms with E-state index in [-0.39, 0.29) is 40.8 Å². The van der Waals surface area contributed by atoms with Crippen molar-refractivity contribution >= 4 is 28.1 Å². The summed E-state index contributed by atoms with van der Waals surface area (Å²) < 4.78 is 18.7. The van der Waals surface area contributed by atoms with E-state index in [9.17, 15) is 14.3 Å². The number of nitrogens with one attached hydrogen (secondary N) is 2. The second kappa shape index (κ2) is 11.0. The molecule has 1 aromatic carbocycles. The summed E-state index contributed by atoms with van der Waals surface area (Å²) in [4.78, 5) is 21.5. The summed E-state index contributed by atoms with van der Waals surface area (Å²) in [6.07, 6.45) is 2.14. The second-order valence-electron chi connectivity index (χ2n) is 11.3. The van der Waals surface area contributed by atoms with Crippen molar-refractivity contribution in [2.24, 2.45) is 23.2 Å². The van der Waals surface area contributed by atoms with E-state index < -0.39 is 6.10 Å². The Morgan fingerprint density at radius 3 is 2.78 bits per heavy atom. The first kappa shape index (κ1) is 26.5. The first-order valence-corrected chi connectivity index (χ1v) is 14.3. The lowest BCUT2D eigenvalue weighted by atomic mass is 9.53. The van der Waals surface area contributed by atoms with Crippen molar-refractivity contribution in [2.75, 3.05) is 44.7 Å². The molecule has 2 heterocycles. The Kier molecular flexibility index (Phi) is 7.86. The number of aromatic nitrogens is 1. The number of hydrogen-bond donors (Lipinski definition) is 3. The first-order valence-electron chi connectivity index (χ1n) is 13.5. The zero-order chi connectivity index (χ0) is 26.2.